The maximum atomic E-state index is 12.7. The van der Waals surface area contributed by atoms with Gasteiger partial charge in [-0.25, -0.2) is 9.59 Å². The Morgan fingerprint density at radius 3 is 2.12 bits per heavy atom. The summed E-state index contributed by atoms with van der Waals surface area (Å²) in [4.78, 5) is 36.5. The number of hydrogen-bond acceptors (Lipinski definition) is 5. The fourth-order valence-corrected chi connectivity index (χ4v) is 4.66. The second kappa shape index (κ2) is 9.23. The lowest BCUT2D eigenvalue weighted by Crippen LogP contribution is -2.57. The number of rotatable bonds is 8. The molecule has 1 saturated carbocycles. The number of carboxylic acid groups (broad SMARTS) is 1. The Kier molecular flexibility index (Phi) is 6.37. The molecule has 2 atom stereocenters. The van der Waals surface area contributed by atoms with Gasteiger partial charge in [0.15, 0.2) is 6.04 Å². The highest BCUT2D eigenvalue weighted by atomic mass is 16.5. The number of hydrogen-bond donors (Lipinski definition) is 4. The molecule has 8 heteroatoms. The number of benzene rings is 2. The average Bonchev–Trinajstić information content (AvgIpc) is 3.08. The maximum absolute atomic E-state index is 12.7. The predicted molar refractivity (Wildman–Crippen MR) is 121 cm³/mol. The van der Waals surface area contributed by atoms with E-state index in [9.17, 15) is 24.6 Å². The van der Waals surface area contributed by atoms with Crippen molar-refractivity contribution in [1.82, 2.24) is 10.6 Å². The highest BCUT2D eigenvalue weighted by Gasteiger charge is 2.46. The molecule has 8 nitrogen and oxygen atoms in total. The third kappa shape index (κ3) is 4.43. The lowest BCUT2D eigenvalue weighted by atomic mass is 9.68. The second-order valence-corrected chi connectivity index (χ2v) is 8.84. The molecule has 0 heterocycles. The summed E-state index contributed by atoms with van der Waals surface area (Å²) >= 11 is 0. The third-order valence-electron chi connectivity index (χ3n) is 6.74. The van der Waals surface area contributed by atoms with Crippen molar-refractivity contribution in [3.63, 3.8) is 0 Å². The summed E-state index contributed by atoms with van der Waals surface area (Å²) in [7, 11) is 0. The molecule has 2 amide bonds. The molecule has 0 radical (unpaired) electrons. The molecule has 0 saturated heterocycles. The summed E-state index contributed by atoms with van der Waals surface area (Å²) in [5, 5.41) is 23.9. The first-order valence-corrected chi connectivity index (χ1v) is 11.1. The third-order valence-corrected chi connectivity index (χ3v) is 6.74. The normalized spacial score (nSPS) is 17.6. The monoisotopic (exact) mass is 452 g/mol. The Bertz CT molecular complexity index is 1020. The van der Waals surface area contributed by atoms with Gasteiger partial charge in [-0.2, -0.15) is 0 Å². The molecule has 174 valence electrons. The van der Waals surface area contributed by atoms with Gasteiger partial charge in [-0.05, 0) is 42.0 Å². The van der Waals surface area contributed by atoms with Crippen LogP contribution in [0.15, 0.2) is 48.5 Å². The predicted octanol–water partition coefficient (Wildman–Crippen LogP) is 2.65. The van der Waals surface area contributed by atoms with Gasteiger partial charge in [0.1, 0.15) is 6.61 Å². The largest absolute Gasteiger partial charge is 0.480 e. The van der Waals surface area contributed by atoms with E-state index >= 15 is 0 Å². The zero-order valence-corrected chi connectivity index (χ0v) is 18.4. The molecule has 0 unspecified atom stereocenters. The van der Waals surface area contributed by atoms with Crippen molar-refractivity contribution < 1.29 is 29.3 Å². The fourth-order valence-electron chi connectivity index (χ4n) is 4.66. The van der Waals surface area contributed by atoms with Crippen molar-refractivity contribution in [3.8, 4) is 11.1 Å². The van der Waals surface area contributed by atoms with Gasteiger partial charge in [0.2, 0.25) is 5.91 Å². The summed E-state index contributed by atoms with van der Waals surface area (Å²) in [6, 6.07) is 14.7. The molecule has 2 aromatic rings. The highest BCUT2D eigenvalue weighted by Crippen LogP contribution is 2.44. The van der Waals surface area contributed by atoms with Gasteiger partial charge in [-0.3, -0.25) is 4.79 Å². The smallest absolute Gasteiger partial charge is 0.407 e. The van der Waals surface area contributed by atoms with Crippen molar-refractivity contribution in [1.29, 1.82) is 0 Å². The molecule has 2 aliphatic carbocycles. The summed E-state index contributed by atoms with van der Waals surface area (Å²) in [5.41, 5.74) is 3.60. The van der Waals surface area contributed by atoms with Crippen LogP contribution in [0.3, 0.4) is 0 Å². The van der Waals surface area contributed by atoms with Gasteiger partial charge in [-0.15, -0.1) is 0 Å². The van der Waals surface area contributed by atoms with Gasteiger partial charge < -0.3 is 25.6 Å². The van der Waals surface area contributed by atoms with Gasteiger partial charge in [0.25, 0.3) is 0 Å². The van der Waals surface area contributed by atoms with E-state index in [1.165, 1.54) is 6.92 Å². The highest BCUT2D eigenvalue weighted by molar-refractivity contribution is 5.89. The Hall–Kier alpha value is -3.39. The summed E-state index contributed by atoms with van der Waals surface area (Å²) in [5.74, 6) is -1.86. The SMILES string of the molecule is C[C@@H](O)[C@H](NC(=O)C1(CNC(=O)OCC2c3ccccc3-c3ccccc32)CCC1)C(=O)O. The number of aliphatic carboxylic acids is 1. The van der Waals surface area contributed by atoms with Crippen LogP contribution >= 0.6 is 0 Å². The zero-order valence-electron chi connectivity index (χ0n) is 18.4. The first-order valence-electron chi connectivity index (χ1n) is 11.1. The average molecular weight is 453 g/mol. The molecule has 2 aromatic carbocycles. The van der Waals surface area contributed by atoms with Crippen molar-refractivity contribution in [3.05, 3.63) is 59.7 Å². The van der Waals surface area contributed by atoms with Gasteiger partial charge in [0, 0.05) is 12.5 Å². The molecule has 0 aliphatic heterocycles. The molecule has 1 fully saturated rings. The summed E-state index contributed by atoms with van der Waals surface area (Å²) < 4.78 is 5.53. The molecular weight excluding hydrogens is 424 g/mol. The zero-order chi connectivity index (χ0) is 23.6. The number of carbonyl (C=O) groups is 3. The lowest BCUT2D eigenvalue weighted by molar-refractivity contribution is -0.148. The van der Waals surface area contributed by atoms with Crippen LogP contribution in [0.5, 0.6) is 0 Å². The standard InChI is InChI=1S/C25H28N2O6/c1-15(28)21(22(29)30)27-23(31)25(11-6-12-25)14-26-24(32)33-13-20-18-9-4-2-7-16(18)17-8-3-5-10-19(17)20/h2-5,7-10,15,20-21,28H,6,11-14H2,1H3,(H,26,32)(H,27,31)(H,29,30)/t15-,21+/m1/s1. The van der Waals surface area contributed by atoms with E-state index in [1.54, 1.807) is 0 Å². The number of carbonyl (C=O) groups excluding carboxylic acids is 2. The molecular formula is C25H28N2O6. The van der Waals surface area contributed by atoms with Crippen LogP contribution in [-0.2, 0) is 14.3 Å². The maximum Gasteiger partial charge on any atom is 0.407 e. The van der Waals surface area contributed by atoms with E-state index in [4.69, 9.17) is 4.74 Å². The number of aliphatic hydroxyl groups excluding tert-OH is 1. The Labute approximate surface area is 192 Å². The lowest BCUT2D eigenvalue weighted by Gasteiger charge is -2.40. The Morgan fingerprint density at radius 1 is 1.06 bits per heavy atom. The van der Waals surface area contributed by atoms with Crippen LogP contribution < -0.4 is 10.6 Å². The van der Waals surface area contributed by atoms with E-state index in [2.05, 4.69) is 22.8 Å². The van der Waals surface area contributed by atoms with E-state index in [-0.39, 0.29) is 19.1 Å². The van der Waals surface area contributed by atoms with Crippen LogP contribution in [0.4, 0.5) is 4.79 Å². The van der Waals surface area contributed by atoms with E-state index in [0.717, 1.165) is 28.7 Å². The van der Waals surface area contributed by atoms with Crippen LogP contribution in [0.1, 0.15) is 43.2 Å². The quantitative estimate of drug-likeness (QED) is 0.488. The van der Waals surface area contributed by atoms with Crippen LogP contribution in [-0.4, -0.2) is 53.5 Å². The summed E-state index contributed by atoms with van der Waals surface area (Å²) in [6.07, 6.45) is -0.0184. The number of ether oxygens (including phenoxy) is 1. The minimum atomic E-state index is -1.40. The number of carboxylic acids is 1. The summed E-state index contributed by atoms with van der Waals surface area (Å²) in [6.45, 7) is 1.52. The van der Waals surface area contributed by atoms with Gasteiger partial charge >= 0.3 is 12.1 Å². The first-order chi connectivity index (χ1) is 15.8. The van der Waals surface area contributed by atoms with E-state index in [0.29, 0.717) is 12.8 Å². The van der Waals surface area contributed by atoms with Crippen molar-refractivity contribution in [2.75, 3.05) is 13.2 Å². The van der Waals surface area contributed by atoms with Crippen molar-refractivity contribution in [2.24, 2.45) is 5.41 Å². The van der Waals surface area contributed by atoms with Crippen LogP contribution in [0.2, 0.25) is 0 Å². The second-order valence-electron chi connectivity index (χ2n) is 8.84. The molecule has 0 spiro atoms. The number of aliphatic hydroxyl groups is 1. The Balaban J connectivity index is 1.36. The Morgan fingerprint density at radius 2 is 1.64 bits per heavy atom. The van der Waals surface area contributed by atoms with Crippen LogP contribution in [0.25, 0.3) is 11.1 Å². The van der Waals surface area contributed by atoms with Gasteiger partial charge in [-0.1, -0.05) is 55.0 Å². The molecule has 4 N–H and O–H groups in total. The number of amides is 2. The minimum absolute atomic E-state index is 0.0433. The molecule has 0 bridgehead atoms. The van der Waals surface area contributed by atoms with Crippen molar-refractivity contribution in [2.45, 2.75) is 44.2 Å². The topological polar surface area (TPSA) is 125 Å². The molecule has 33 heavy (non-hydrogen) atoms. The van der Waals surface area contributed by atoms with E-state index in [1.807, 2.05) is 36.4 Å². The number of fused-ring (bicyclic) bond motifs is 3. The first kappa shape index (κ1) is 22.8. The van der Waals surface area contributed by atoms with Crippen molar-refractivity contribution >= 4 is 18.0 Å². The minimum Gasteiger partial charge on any atom is -0.480 e. The number of nitrogens with one attached hydrogen (secondary N) is 2. The van der Waals surface area contributed by atoms with Crippen LogP contribution in [0, 0.1) is 5.41 Å². The fraction of sp³-hybridized carbons (Fsp3) is 0.400. The molecule has 0 aromatic heterocycles. The van der Waals surface area contributed by atoms with Gasteiger partial charge in [0.05, 0.1) is 11.5 Å². The van der Waals surface area contributed by atoms with E-state index < -0.39 is 35.5 Å². The molecule has 4 rings (SSSR count). The number of alkyl carbamates (subject to hydrolysis) is 1. The molecule has 2 aliphatic rings.